The largest absolute Gasteiger partial charge is 0.490 e. The Kier molecular flexibility index (Phi) is 14.2. The number of rotatable bonds is 12. The van der Waals surface area contributed by atoms with Crippen molar-refractivity contribution >= 4 is 40.6 Å². The number of carbonyl (C=O) groups is 1. The molecule has 1 amide bonds. The average molecular weight is 759 g/mol. The zero-order valence-electron chi connectivity index (χ0n) is 32.1. The molecule has 6 rings (SSSR count). The van der Waals surface area contributed by atoms with Gasteiger partial charge in [0.15, 0.2) is 0 Å². The number of likely N-dealkylation sites (N-methyl/N-ethyl adjacent to an activating group) is 2. The van der Waals surface area contributed by atoms with Crippen LogP contribution in [0.5, 0.6) is 11.5 Å². The molecule has 2 aromatic heterocycles. The predicted molar refractivity (Wildman–Crippen MR) is 216 cm³/mol. The molecule has 13 heteroatoms. The van der Waals surface area contributed by atoms with Crippen LogP contribution >= 0.6 is 12.4 Å². The molecule has 0 fully saturated rings. The van der Waals surface area contributed by atoms with Crippen molar-refractivity contribution in [2.75, 3.05) is 40.4 Å². The molecule has 0 bridgehead atoms. The predicted octanol–water partition coefficient (Wildman–Crippen LogP) is 6.04. The maximum atomic E-state index is 12.8. The van der Waals surface area contributed by atoms with E-state index in [4.69, 9.17) is 14.2 Å². The average Bonchev–Trinajstić information content (AvgIpc) is 3.53. The van der Waals surface area contributed by atoms with Gasteiger partial charge in [0, 0.05) is 27.7 Å². The highest BCUT2D eigenvalue weighted by molar-refractivity contribution is 5.85. The van der Waals surface area contributed by atoms with Crippen LogP contribution in [0.4, 0.5) is 4.79 Å². The smallest absolute Gasteiger partial charge is 0.410 e. The topological polar surface area (TPSA) is 114 Å². The van der Waals surface area contributed by atoms with Crippen molar-refractivity contribution in [3.8, 4) is 11.5 Å². The number of imidazole rings is 2. The lowest BCUT2D eigenvalue weighted by Gasteiger charge is -2.24. The number of nitrogens with one attached hydrogen (secondary N) is 1. The Labute approximate surface area is 321 Å². The number of nitrogens with zero attached hydrogens (tertiary/aromatic N) is 5. The van der Waals surface area contributed by atoms with Crippen LogP contribution in [0.25, 0.3) is 22.1 Å². The van der Waals surface area contributed by atoms with Crippen LogP contribution in [-0.2, 0) is 31.9 Å². The van der Waals surface area contributed by atoms with Gasteiger partial charge in [-0.3, -0.25) is 18.3 Å². The molecular weight excluding hydrogens is 708 g/mol. The van der Waals surface area contributed by atoms with Crippen molar-refractivity contribution in [2.45, 2.75) is 39.5 Å². The maximum Gasteiger partial charge on any atom is 0.410 e. The molecule has 4 aromatic carbocycles. The van der Waals surface area contributed by atoms with Crippen molar-refractivity contribution in [3.63, 3.8) is 0 Å². The number of benzene rings is 4. The number of aryl methyl sites for hydroxylation is 2. The zero-order valence-corrected chi connectivity index (χ0v) is 32.9. The third-order valence-corrected chi connectivity index (χ3v) is 8.61. The number of fused-ring (bicyclic) bond motifs is 2. The molecule has 0 aliphatic carbocycles. The molecule has 6 aromatic rings. The van der Waals surface area contributed by atoms with E-state index in [1.54, 1.807) is 39.4 Å². The van der Waals surface area contributed by atoms with Crippen LogP contribution in [0.3, 0.4) is 0 Å². The van der Waals surface area contributed by atoms with E-state index in [1.807, 2.05) is 125 Å². The van der Waals surface area contributed by atoms with Crippen LogP contribution < -0.4 is 26.2 Å². The minimum absolute atomic E-state index is 0. The fourth-order valence-electron chi connectivity index (χ4n) is 5.95. The molecule has 0 spiro atoms. The minimum atomic E-state index is -0.544. The molecule has 0 aliphatic heterocycles. The zero-order chi connectivity index (χ0) is 38.1. The highest BCUT2D eigenvalue weighted by atomic mass is 35.5. The highest BCUT2D eigenvalue weighted by Crippen LogP contribution is 2.26. The van der Waals surface area contributed by atoms with Gasteiger partial charge in [0.2, 0.25) is 0 Å². The number of hydrogen-bond donors (Lipinski definition) is 1. The minimum Gasteiger partial charge on any atom is -0.490 e. The van der Waals surface area contributed by atoms with E-state index in [9.17, 15) is 14.4 Å². The highest BCUT2D eigenvalue weighted by Gasteiger charge is 2.20. The molecule has 54 heavy (non-hydrogen) atoms. The number of halogens is 1. The monoisotopic (exact) mass is 758 g/mol. The van der Waals surface area contributed by atoms with Crippen molar-refractivity contribution in [1.82, 2.24) is 28.5 Å². The Morgan fingerprint density at radius 3 is 1.56 bits per heavy atom. The lowest BCUT2D eigenvalue weighted by molar-refractivity contribution is 0.0278. The van der Waals surface area contributed by atoms with Gasteiger partial charge >= 0.3 is 17.5 Å². The fraction of sp³-hybridized carbons (Fsp3) is 0.341. The van der Waals surface area contributed by atoms with Gasteiger partial charge in [0.05, 0.1) is 30.7 Å². The maximum absolute atomic E-state index is 12.8. The molecule has 288 valence electrons. The van der Waals surface area contributed by atoms with Crippen molar-refractivity contribution in [3.05, 3.63) is 129 Å². The first kappa shape index (κ1) is 41.3. The van der Waals surface area contributed by atoms with E-state index < -0.39 is 11.7 Å². The summed E-state index contributed by atoms with van der Waals surface area (Å²) < 4.78 is 23.9. The third kappa shape index (κ3) is 9.94. The third-order valence-electron chi connectivity index (χ3n) is 8.61. The van der Waals surface area contributed by atoms with Crippen LogP contribution in [0, 0.1) is 0 Å². The first-order chi connectivity index (χ1) is 25.4. The SMILES string of the molecule is CN(CCOc1cccc2c1n(C)c(=O)n2Cc1ccccc1)C(=O)OC(C)(C)C.CNCCOc1cccc2c1n(C)c(=O)n2Cc1ccccc1.Cl. The summed E-state index contributed by atoms with van der Waals surface area (Å²) in [5.74, 6) is 1.35. The van der Waals surface area contributed by atoms with Crippen molar-refractivity contribution in [1.29, 1.82) is 0 Å². The standard InChI is InChI=1S/C23H29N3O4.C18H21N3O2.ClH/c1-23(2,3)30-22(28)24(4)14-15-29-19-13-9-12-18-20(19)25(5)21(27)26(18)16-17-10-7-6-8-11-17;1-19-11-12-23-16-10-6-9-15-17(16)20(2)18(22)21(15)13-14-7-4-3-5-8-14;/h6-13H,14-16H2,1-5H3;3-10,19H,11-13H2,1-2H3;1H. The van der Waals surface area contributed by atoms with Gasteiger partial charge in [0.25, 0.3) is 0 Å². The van der Waals surface area contributed by atoms with Gasteiger partial charge in [0.1, 0.15) is 41.3 Å². The normalized spacial score (nSPS) is 11.1. The first-order valence-corrected chi connectivity index (χ1v) is 17.7. The molecule has 12 nitrogen and oxygen atoms in total. The number of para-hydroxylation sites is 2. The second-order valence-corrected chi connectivity index (χ2v) is 13.8. The molecule has 0 aliphatic rings. The van der Waals surface area contributed by atoms with Gasteiger partial charge in [-0.1, -0.05) is 72.8 Å². The summed E-state index contributed by atoms with van der Waals surface area (Å²) in [6, 6.07) is 31.3. The lowest BCUT2D eigenvalue weighted by atomic mass is 10.2. The van der Waals surface area contributed by atoms with E-state index in [0.29, 0.717) is 32.0 Å². The van der Waals surface area contributed by atoms with Gasteiger partial charge in [-0.25, -0.2) is 14.4 Å². The number of hydrogen-bond acceptors (Lipinski definition) is 7. The van der Waals surface area contributed by atoms with Crippen LogP contribution in [0.2, 0.25) is 0 Å². The van der Waals surface area contributed by atoms with Crippen LogP contribution in [-0.4, -0.2) is 75.3 Å². The number of aromatic nitrogens is 4. The Bertz CT molecular complexity index is 2250. The summed E-state index contributed by atoms with van der Waals surface area (Å²) in [6.45, 7) is 8.50. The quantitative estimate of drug-likeness (QED) is 0.152. The summed E-state index contributed by atoms with van der Waals surface area (Å²) in [6.07, 6.45) is -0.397. The molecule has 0 saturated heterocycles. The fourth-order valence-corrected chi connectivity index (χ4v) is 5.95. The lowest BCUT2D eigenvalue weighted by Crippen LogP contribution is -2.36. The molecule has 0 atom stereocenters. The number of ether oxygens (including phenoxy) is 3. The van der Waals surface area contributed by atoms with Crippen molar-refractivity contribution in [2.24, 2.45) is 14.1 Å². The summed E-state index contributed by atoms with van der Waals surface area (Å²) in [7, 11) is 7.09. The molecule has 0 unspecified atom stereocenters. The molecule has 0 saturated carbocycles. The summed E-state index contributed by atoms with van der Waals surface area (Å²) in [5.41, 5.74) is 4.75. The Morgan fingerprint density at radius 2 is 1.13 bits per heavy atom. The van der Waals surface area contributed by atoms with E-state index in [2.05, 4.69) is 5.32 Å². The summed E-state index contributed by atoms with van der Waals surface area (Å²) >= 11 is 0. The molecular formula is C41H51ClN6O6. The van der Waals surface area contributed by atoms with Crippen LogP contribution in [0.15, 0.2) is 107 Å². The molecule has 2 heterocycles. The van der Waals surface area contributed by atoms with Crippen LogP contribution in [0.1, 0.15) is 31.9 Å². The van der Waals surface area contributed by atoms with Gasteiger partial charge in [-0.2, -0.15) is 0 Å². The van der Waals surface area contributed by atoms with Gasteiger partial charge in [-0.05, 0) is 63.2 Å². The van der Waals surface area contributed by atoms with Gasteiger partial charge in [-0.15, -0.1) is 12.4 Å². The molecule has 0 radical (unpaired) electrons. The number of carbonyl (C=O) groups excluding carboxylic acids is 1. The summed E-state index contributed by atoms with van der Waals surface area (Å²) in [5, 5.41) is 3.05. The Balaban J connectivity index is 0.000000244. The first-order valence-electron chi connectivity index (χ1n) is 17.7. The van der Waals surface area contributed by atoms with Gasteiger partial charge < -0.3 is 24.4 Å². The molecule has 1 N–H and O–H groups in total. The Hall–Kier alpha value is -5.46. The van der Waals surface area contributed by atoms with Crippen molar-refractivity contribution < 1.29 is 19.0 Å². The second kappa shape index (κ2) is 18.5. The number of amides is 1. The Morgan fingerprint density at radius 1 is 0.685 bits per heavy atom. The van der Waals surface area contributed by atoms with E-state index >= 15 is 0 Å². The van der Waals surface area contributed by atoms with E-state index in [1.165, 1.54) is 4.90 Å². The van der Waals surface area contributed by atoms with E-state index in [0.717, 1.165) is 45.5 Å². The van der Waals surface area contributed by atoms with E-state index in [-0.39, 0.29) is 30.4 Å². The summed E-state index contributed by atoms with van der Waals surface area (Å²) in [4.78, 5) is 39.0. The second-order valence-electron chi connectivity index (χ2n) is 13.8.